The fourth-order valence-corrected chi connectivity index (χ4v) is 3.15. The molecule has 7 atom stereocenters. The molecule has 1 aliphatic rings. The highest BCUT2D eigenvalue weighted by Gasteiger charge is 2.50. The van der Waals surface area contributed by atoms with Crippen molar-refractivity contribution in [2.24, 2.45) is 17.4 Å². The van der Waals surface area contributed by atoms with Gasteiger partial charge in [0.15, 0.2) is 5.78 Å². The van der Waals surface area contributed by atoms with Gasteiger partial charge in [-0.15, -0.1) is 0 Å². The summed E-state index contributed by atoms with van der Waals surface area (Å²) in [7, 11) is 0. The Hall–Kier alpha value is -1.63. The lowest BCUT2D eigenvalue weighted by Crippen LogP contribution is -2.58. The van der Waals surface area contributed by atoms with Gasteiger partial charge in [0.25, 0.3) is 0 Å². The SMILES string of the molecule is CC(=O)C1(O)CC(O)C(C(C)O)C(C[C@H](O)COC(=O)[C@H](N)CCC(N)=O)O1. The molecule has 28 heavy (non-hydrogen) atoms. The van der Waals surface area contributed by atoms with Crippen molar-refractivity contribution in [1.82, 2.24) is 0 Å². The predicted molar refractivity (Wildman–Crippen MR) is 94.3 cm³/mol. The van der Waals surface area contributed by atoms with Crippen molar-refractivity contribution in [3.63, 3.8) is 0 Å². The monoisotopic (exact) mass is 406 g/mol. The number of nitrogens with two attached hydrogens (primary N) is 2. The van der Waals surface area contributed by atoms with Crippen LogP contribution in [-0.2, 0) is 23.9 Å². The normalized spacial score (nSPS) is 30.9. The molecule has 162 valence electrons. The van der Waals surface area contributed by atoms with Crippen LogP contribution < -0.4 is 11.5 Å². The molecule has 0 aliphatic carbocycles. The van der Waals surface area contributed by atoms with Crippen LogP contribution in [0.25, 0.3) is 0 Å². The number of hydrogen-bond acceptors (Lipinski definition) is 10. The van der Waals surface area contributed by atoms with Crippen LogP contribution in [0.5, 0.6) is 0 Å². The van der Waals surface area contributed by atoms with E-state index >= 15 is 0 Å². The molecule has 1 saturated heterocycles. The van der Waals surface area contributed by atoms with E-state index in [-0.39, 0.29) is 19.3 Å². The second kappa shape index (κ2) is 10.2. The van der Waals surface area contributed by atoms with Crippen LogP contribution >= 0.6 is 0 Å². The minimum Gasteiger partial charge on any atom is -0.462 e. The molecular weight excluding hydrogens is 376 g/mol. The highest BCUT2D eigenvalue weighted by atomic mass is 16.6. The molecule has 0 bridgehead atoms. The van der Waals surface area contributed by atoms with Crippen LogP contribution in [0.3, 0.4) is 0 Å². The first kappa shape index (κ1) is 24.4. The molecule has 0 aromatic heterocycles. The molecule has 11 heteroatoms. The number of carbonyl (C=O) groups excluding carboxylic acids is 3. The van der Waals surface area contributed by atoms with E-state index in [9.17, 15) is 34.8 Å². The van der Waals surface area contributed by atoms with Crippen molar-refractivity contribution in [3.8, 4) is 0 Å². The summed E-state index contributed by atoms with van der Waals surface area (Å²) in [6, 6.07) is -1.08. The Bertz CT molecular complexity index is 571. The minimum absolute atomic E-state index is 0.00205. The van der Waals surface area contributed by atoms with Crippen molar-refractivity contribution in [1.29, 1.82) is 0 Å². The molecule has 5 unspecified atom stereocenters. The van der Waals surface area contributed by atoms with Crippen molar-refractivity contribution in [2.45, 2.75) is 75.8 Å². The summed E-state index contributed by atoms with van der Waals surface area (Å²) in [5, 5.41) is 40.5. The molecule has 0 radical (unpaired) electrons. The standard InChI is InChI=1S/C17H30N2O9/c1-8(20)15-12(23)6-17(26,9(2)21)28-13(15)5-10(22)7-27-16(25)11(18)3-4-14(19)24/h8,10-13,15,20,22-23,26H,3-7,18H2,1-2H3,(H2,19,24)/t8?,10-,11+,12?,13?,15?,17?/m0/s1. The van der Waals surface area contributed by atoms with Crippen molar-refractivity contribution in [2.75, 3.05) is 6.61 Å². The zero-order chi connectivity index (χ0) is 21.6. The lowest BCUT2D eigenvalue weighted by atomic mass is 9.81. The molecular formula is C17H30N2O9. The molecule has 1 aliphatic heterocycles. The van der Waals surface area contributed by atoms with E-state index in [4.69, 9.17) is 20.9 Å². The third-order valence-electron chi connectivity index (χ3n) is 4.74. The van der Waals surface area contributed by atoms with Gasteiger partial charge in [0.1, 0.15) is 12.6 Å². The van der Waals surface area contributed by atoms with Crippen molar-refractivity contribution < 1.29 is 44.3 Å². The number of hydrogen-bond donors (Lipinski definition) is 6. The lowest BCUT2D eigenvalue weighted by Gasteiger charge is -2.44. The van der Waals surface area contributed by atoms with Crippen LogP contribution in [-0.4, -0.2) is 80.9 Å². The largest absolute Gasteiger partial charge is 0.462 e. The lowest BCUT2D eigenvalue weighted by molar-refractivity contribution is -0.285. The number of ether oxygens (including phenoxy) is 2. The predicted octanol–water partition coefficient (Wildman–Crippen LogP) is -2.70. The first-order chi connectivity index (χ1) is 12.9. The number of amides is 1. The molecule has 1 fully saturated rings. The maximum Gasteiger partial charge on any atom is 0.323 e. The summed E-state index contributed by atoms with van der Waals surface area (Å²) in [6.45, 7) is 2.04. The minimum atomic E-state index is -2.23. The Morgan fingerprint density at radius 3 is 2.43 bits per heavy atom. The molecule has 11 nitrogen and oxygen atoms in total. The zero-order valence-electron chi connectivity index (χ0n) is 16.0. The number of esters is 1. The Labute approximate surface area is 162 Å². The van der Waals surface area contributed by atoms with E-state index in [1.54, 1.807) is 0 Å². The number of ketones is 1. The number of Topliss-reactive ketones (excluding diaryl/α,β-unsaturated/α-hetero) is 1. The van der Waals surface area contributed by atoms with E-state index in [2.05, 4.69) is 0 Å². The van der Waals surface area contributed by atoms with Crippen LogP contribution in [0, 0.1) is 5.92 Å². The summed E-state index contributed by atoms with van der Waals surface area (Å²) in [6.07, 6.45) is -5.38. The van der Waals surface area contributed by atoms with Crippen molar-refractivity contribution in [3.05, 3.63) is 0 Å². The first-order valence-corrected chi connectivity index (χ1v) is 9.03. The van der Waals surface area contributed by atoms with E-state index in [0.717, 1.165) is 6.92 Å². The van der Waals surface area contributed by atoms with Gasteiger partial charge >= 0.3 is 5.97 Å². The van der Waals surface area contributed by atoms with E-state index in [0.29, 0.717) is 0 Å². The number of aliphatic hydroxyl groups is 4. The molecule has 1 rings (SSSR count). The molecule has 1 amide bonds. The quantitative estimate of drug-likeness (QED) is 0.207. The van der Waals surface area contributed by atoms with Gasteiger partial charge in [-0.2, -0.15) is 0 Å². The van der Waals surface area contributed by atoms with Gasteiger partial charge in [0, 0.05) is 32.1 Å². The molecule has 0 saturated carbocycles. The maximum atomic E-state index is 11.8. The van der Waals surface area contributed by atoms with E-state index in [1.807, 2.05) is 0 Å². The average Bonchev–Trinajstić information content (AvgIpc) is 2.56. The summed E-state index contributed by atoms with van der Waals surface area (Å²) < 4.78 is 10.3. The van der Waals surface area contributed by atoms with E-state index in [1.165, 1.54) is 6.92 Å². The van der Waals surface area contributed by atoms with Gasteiger partial charge in [-0.1, -0.05) is 0 Å². The molecule has 0 spiro atoms. The third kappa shape index (κ3) is 6.76. The Kier molecular flexibility index (Phi) is 8.92. The second-order valence-electron chi connectivity index (χ2n) is 7.22. The summed E-state index contributed by atoms with van der Waals surface area (Å²) in [5.41, 5.74) is 10.5. The van der Waals surface area contributed by atoms with Crippen LogP contribution in [0.1, 0.15) is 39.5 Å². The third-order valence-corrected chi connectivity index (χ3v) is 4.74. The van der Waals surface area contributed by atoms with Gasteiger partial charge in [0.05, 0.1) is 24.4 Å². The summed E-state index contributed by atoms with van der Waals surface area (Å²) in [5.74, 6) is -5.27. The first-order valence-electron chi connectivity index (χ1n) is 9.03. The van der Waals surface area contributed by atoms with Crippen LogP contribution in [0.15, 0.2) is 0 Å². The fourth-order valence-electron chi connectivity index (χ4n) is 3.15. The number of carbonyl (C=O) groups is 3. The molecule has 8 N–H and O–H groups in total. The fraction of sp³-hybridized carbons (Fsp3) is 0.824. The molecule has 0 aromatic carbocycles. The Morgan fingerprint density at radius 1 is 1.32 bits per heavy atom. The summed E-state index contributed by atoms with van der Waals surface area (Å²) in [4.78, 5) is 34.1. The number of aliphatic hydroxyl groups excluding tert-OH is 3. The topological polar surface area (TPSA) is 203 Å². The van der Waals surface area contributed by atoms with Gasteiger partial charge in [-0.3, -0.25) is 14.4 Å². The van der Waals surface area contributed by atoms with Crippen LogP contribution in [0.4, 0.5) is 0 Å². The maximum absolute atomic E-state index is 11.8. The number of primary amides is 1. The molecule has 0 aromatic rings. The summed E-state index contributed by atoms with van der Waals surface area (Å²) >= 11 is 0. The van der Waals surface area contributed by atoms with E-state index < -0.39 is 72.9 Å². The zero-order valence-corrected chi connectivity index (χ0v) is 16.0. The van der Waals surface area contributed by atoms with Gasteiger partial charge < -0.3 is 41.4 Å². The smallest absolute Gasteiger partial charge is 0.323 e. The highest BCUT2D eigenvalue weighted by molar-refractivity contribution is 5.83. The van der Waals surface area contributed by atoms with Gasteiger partial charge in [0.2, 0.25) is 11.7 Å². The number of rotatable bonds is 10. The van der Waals surface area contributed by atoms with Crippen LogP contribution in [0.2, 0.25) is 0 Å². The van der Waals surface area contributed by atoms with Crippen molar-refractivity contribution >= 4 is 17.7 Å². The van der Waals surface area contributed by atoms with Gasteiger partial charge in [-0.25, -0.2) is 0 Å². The molecule has 1 heterocycles. The Balaban J connectivity index is 2.67. The highest BCUT2D eigenvalue weighted by Crippen LogP contribution is 2.36. The second-order valence-corrected chi connectivity index (χ2v) is 7.22. The Morgan fingerprint density at radius 2 is 1.93 bits per heavy atom. The average molecular weight is 406 g/mol. The van der Waals surface area contributed by atoms with Gasteiger partial charge in [-0.05, 0) is 13.3 Å².